The number of likely N-dealkylation sites (tertiary alicyclic amines) is 1. The zero-order valence-corrected chi connectivity index (χ0v) is 26.2. The molecule has 3 atom stereocenters. The molecule has 0 aliphatic carbocycles. The number of hydrogen-bond donors (Lipinski definition) is 5. The molecule has 248 valence electrons. The molecule has 1 aliphatic rings. The van der Waals surface area contributed by atoms with E-state index in [0.29, 0.717) is 24.9 Å². The number of hydrogen-bond acceptors (Lipinski definition) is 8. The van der Waals surface area contributed by atoms with Crippen molar-refractivity contribution in [3.05, 3.63) is 70.3 Å². The molecule has 15 nitrogen and oxygen atoms in total. The fourth-order valence-corrected chi connectivity index (χ4v) is 4.94. The molecule has 0 saturated carbocycles. The zero-order valence-electron chi connectivity index (χ0n) is 26.2. The van der Waals surface area contributed by atoms with Gasteiger partial charge in [0.25, 0.3) is 5.69 Å². The molecule has 3 rings (SSSR count). The quantitative estimate of drug-likeness (QED) is 0.0712. The number of rotatable bonds is 13. The number of anilines is 1. The van der Waals surface area contributed by atoms with E-state index in [-0.39, 0.29) is 37.6 Å². The van der Waals surface area contributed by atoms with Gasteiger partial charge in [-0.05, 0) is 64.2 Å². The van der Waals surface area contributed by atoms with Crippen LogP contribution >= 0.6 is 0 Å². The van der Waals surface area contributed by atoms with E-state index in [1.54, 1.807) is 20.8 Å². The van der Waals surface area contributed by atoms with Gasteiger partial charge in [0, 0.05) is 37.3 Å². The number of nitrogens with zero attached hydrogens (tertiary/aromatic N) is 3. The molecule has 0 spiro atoms. The topological polar surface area (TPSA) is 224 Å². The second kappa shape index (κ2) is 16.2. The van der Waals surface area contributed by atoms with Crippen LogP contribution in [0, 0.1) is 10.1 Å². The predicted molar refractivity (Wildman–Crippen MR) is 172 cm³/mol. The first-order valence-electron chi connectivity index (χ1n) is 15.0. The van der Waals surface area contributed by atoms with Gasteiger partial charge < -0.3 is 37.1 Å². The number of carbonyl (C=O) groups is 4. The number of aliphatic imine (C=N–C) groups is 1. The summed E-state index contributed by atoms with van der Waals surface area (Å²) in [5, 5.41) is 19.1. The second-order valence-corrected chi connectivity index (χ2v) is 11.9. The van der Waals surface area contributed by atoms with Crippen LogP contribution in [-0.2, 0) is 25.5 Å². The maximum atomic E-state index is 13.9. The van der Waals surface area contributed by atoms with E-state index in [1.807, 2.05) is 30.3 Å². The average Bonchev–Trinajstić information content (AvgIpc) is 3.48. The Morgan fingerprint density at radius 3 is 2.33 bits per heavy atom. The average molecular weight is 639 g/mol. The Hall–Kier alpha value is -5.21. The van der Waals surface area contributed by atoms with Crippen LogP contribution in [-0.4, -0.2) is 76.4 Å². The molecule has 0 unspecified atom stereocenters. The number of ether oxygens (including phenoxy) is 1. The molecule has 2 aromatic rings. The van der Waals surface area contributed by atoms with Gasteiger partial charge in [-0.2, -0.15) is 0 Å². The SMILES string of the molecule is CC(C)(C)OC(=O)N[C@H](Cc1ccccc1)C(=O)N1CCC[C@H]1C(=O)N[C@@H](CCCN=C(N)N)C(=O)Nc1ccc([N+](=O)[O-])cc1. The molecular formula is C31H42N8O7. The number of nitro groups is 1. The molecule has 2 aromatic carbocycles. The van der Waals surface area contributed by atoms with Crippen molar-refractivity contribution in [1.82, 2.24) is 15.5 Å². The third kappa shape index (κ3) is 11.1. The number of nitrogens with one attached hydrogen (secondary N) is 3. The summed E-state index contributed by atoms with van der Waals surface area (Å²) in [6, 6.07) is 11.5. The molecule has 0 bridgehead atoms. The Balaban J connectivity index is 1.77. The van der Waals surface area contributed by atoms with Crippen molar-refractivity contribution in [2.75, 3.05) is 18.4 Å². The number of alkyl carbamates (subject to hydrolysis) is 1. The fourth-order valence-electron chi connectivity index (χ4n) is 4.94. The first-order valence-corrected chi connectivity index (χ1v) is 15.0. The van der Waals surface area contributed by atoms with E-state index >= 15 is 0 Å². The van der Waals surface area contributed by atoms with Gasteiger partial charge in [0.2, 0.25) is 17.7 Å². The molecule has 1 fully saturated rings. The highest BCUT2D eigenvalue weighted by atomic mass is 16.6. The van der Waals surface area contributed by atoms with E-state index in [0.717, 1.165) is 5.56 Å². The number of nitrogens with two attached hydrogens (primary N) is 2. The Bertz CT molecular complexity index is 1410. The molecule has 0 aromatic heterocycles. The largest absolute Gasteiger partial charge is 0.444 e. The van der Waals surface area contributed by atoms with Gasteiger partial charge in [0.1, 0.15) is 23.7 Å². The third-order valence-corrected chi connectivity index (χ3v) is 7.03. The van der Waals surface area contributed by atoms with E-state index < -0.39 is 52.5 Å². The number of non-ortho nitro benzene ring substituents is 1. The lowest BCUT2D eigenvalue weighted by molar-refractivity contribution is -0.384. The molecule has 0 radical (unpaired) electrons. The molecule has 1 aliphatic heterocycles. The Morgan fingerprint density at radius 2 is 1.72 bits per heavy atom. The minimum atomic E-state index is -1.03. The summed E-state index contributed by atoms with van der Waals surface area (Å²) in [5.74, 6) is -1.66. The standard InChI is InChI=1S/C31H42N8O7/c1-31(2,3)46-30(43)37-24(19-20-9-5-4-6-10-20)28(42)38-18-8-12-25(38)27(41)36-23(11-7-17-34-29(32)33)26(40)35-21-13-15-22(16-14-21)39(44)45/h4-6,9-10,13-16,23-25H,7-8,11-12,17-19H2,1-3H3,(H,35,40)(H,36,41)(H,37,43)(H4,32,33,34)/t23-,24+,25-/m0/s1. The van der Waals surface area contributed by atoms with E-state index in [1.165, 1.54) is 29.2 Å². The van der Waals surface area contributed by atoms with Gasteiger partial charge >= 0.3 is 6.09 Å². The van der Waals surface area contributed by atoms with Crippen LogP contribution in [0.4, 0.5) is 16.2 Å². The minimum absolute atomic E-state index is 0.110. The number of benzene rings is 2. The lowest BCUT2D eigenvalue weighted by Crippen LogP contribution is -2.56. The lowest BCUT2D eigenvalue weighted by atomic mass is 10.0. The van der Waals surface area contributed by atoms with Crippen LogP contribution in [0.15, 0.2) is 59.6 Å². The molecule has 1 saturated heterocycles. The van der Waals surface area contributed by atoms with Gasteiger partial charge in [0.15, 0.2) is 5.96 Å². The minimum Gasteiger partial charge on any atom is -0.444 e. The Morgan fingerprint density at radius 1 is 1.04 bits per heavy atom. The van der Waals surface area contributed by atoms with Crippen molar-refractivity contribution < 1.29 is 28.8 Å². The first-order chi connectivity index (χ1) is 21.7. The molecule has 46 heavy (non-hydrogen) atoms. The highest BCUT2D eigenvalue weighted by molar-refractivity contribution is 5.99. The molecule has 1 heterocycles. The third-order valence-electron chi connectivity index (χ3n) is 7.03. The molecule has 15 heteroatoms. The zero-order chi connectivity index (χ0) is 33.9. The van der Waals surface area contributed by atoms with Crippen molar-refractivity contribution in [3.8, 4) is 0 Å². The molecule has 4 amide bonds. The monoisotopic (exact) mass is 638 g/mol. The first kappa shape index (κ1) is 35.3. The summed E-state index contributed by atoms with van der Waals surface area (Å²) in [4.78, 5) is 69.3. The maximum Gasteiger partial charge on any atom is 0.408 e. The van der Waals surface area contributed by atoms with Crippen LogP contribution in [0.1, 0.15) is 52.0 Å². The smallest absolute Gasteiger partial charge is 0.408 e. The summed E-state index contributed by atoms with van der Waals surface area (Å²) >= 11 is 0. The van der Waals surface area contributed by atoms with Crippen LogP contribution in [0.3, 0.4) is 0 Å². The van der Waals surface area contributed by atoms with Crippen LogP contribution in [0.2, 0.25) is 0 Å². The van der Waals surface area contributed by atoms with Gasteiger partial charge in [-0.1, -0.05) is 30.3 Å². The van der Waals surface area contributed by atoms with Crippen LogP contribution < -0.4 is 27.4 Å². The van der Waals surface area contributed by atoms with Crippen LogP contribution in [0.25, 0.3) is 0 Å². The van der Waals surface area contributed by atoms with Gasteiger partial charge in [-0.25, -0.2) is 4.79 Å². The fraction of sp³-hybridized carbons (Fsp3) is 0.452. The summed E-state index contributed by atoms with van der Waals surface area (Å²) in [7, 11) is 0. The highest BCUT2D eigenvalue weighted by Crippen LogP contribution is 2.21. The maximum absolute atomic E-state index is 13.9. The summed E-state index contributed by atoms with van der Waals surface area (Å²) in [6.45, 7) is 5.64. The summed E-state index contributed by atoms with van der Waals surface area (Å²) < 4.78 is 5.40. The van der Waals surface area contributed by atoms with Gasteiger partial charge in [-0.15, -0.1) is 0 Å². The molecule has 7 N–H and O–H groups in total. The molecular weight excluding hydrogens is 596 g/mol. The van der Waals surface area contributed by atoms with E-state index in [9.17, 15) is 29.3 Å². The van der Waals surface area contributed by atoms with Crippen molar-refractivity contribution >= 4 is 41.1 Å². The normalized spacial score (nSPS) is 15.6. The van der Waals surface area contributed by atoms with Gasteiger partial charge in [0.05, 0.1) is 4.92 Å². The predicted octanol–water partition coefficient (Wildman–Crippen LogP) is 2.20. The van der Waals surface area contributed by atoms with Gasteiger partial charge in [-0.3, -0.25) is 29.5 Å². The number of carbonyl (C=O) groups excluding carboxylic acids is 4. The van der Waals surface area contributed by atoms with Crippen molar-refractivity contribution in [3.63, 3.8) is 0 Å². The highest BCUT2D eigenvalue weighted by Gasteiger charge is 2.39. The van der Waals surface area contributed by atoms with Crippen molar-refractivity contribution in [2.45, 2.75) is 76.6 Å². The van der Waals surface area contributed by atoms with Crippen molar-refractivity contribution in [2.24, 2.45) is 16.5 Å². The summed E-state index contributed by atoms with van der Waals surface area (Å²) in [6.07, 6.45) is 0.826. The number of amides is 4. The lowest BCUT2D eigenvalue weighted by Gasteiger charge is -2.30. The van der Waals surface area contributed by atoms with Crippen molar-refractivity contribution in [1.29, 1.82) is 0 Å². The Kier molecular flexibility index (Phi) is 12.4. The van der Waals surface area contributed by atoms with Crippen LogP contribution in [0.5, 0.6) is 0 Å². The number of guanidine groups is 1. The number of nitro benzene ring substituents is 1. The summed E-state index contributed by atoms with van der Waals surface area (Å²) in [5.41, 5.74) is 11.0. The Labute approximate surface area is 267 Å². The second-order valence-electron chi connectivity index (χ2n) is 11.9. The van der Waals surface area contributed by atoms with E-state index in [4.69, 9.17) is 16.2 Å². The van der Waals surface area contributed by atoms with E-state index in [2.05, 4.69) is 20.9 Å².